The number of carbonyl (C=O) groups is 1. The van der Waals surface area contributed by atoms with Gasteiger partial charge in [0.1, 0.15) is 0 Å². The molecule has 0 radical (unpaired) electrons. The van der Waals surface area contributed by atoms with Gasteiger partial charge in [0, 0.05) is 12.0 Å². The molecule has 3 nitrogen and oxygen atoms in total. The third-order valence-corrected chi connectivity index (χ3v) is 3.39. The first-order chi connectivity index (χ1) is 7.17. The topological polar surface area (TPSA) is 55.1 Å². The number of hydrogen-bond donors (Lipinski definition) is 2. The minimum absolute atomic E-state index is 0.159. The van der Waals surface area contributed by atoms with Crippen LogP contribution in [0.5, 0.6) is 0 Å². The van der Waals surface area contributed by atoms with Gasteiger partial charge in [-0.05, 0) is 38.1 Å². The van der Waals surface area contributed by atoms with Crippen LogP contribution in [-0.2, 0) is 4.79 Å². The molecular weight excluding hydrogens is 188 g/mol. The second-order valence-electron chi connectivity index (χ2n) is 4.81. The van der Waals surface area contributed by atoms with Crippen molar-refractivity contribution in [2.24, 2.45) is 17.6 Å². The van der Waals surface area contributed by atoms with Crippen LogP contribution >= 0.6 is 0 Å². The fraction of sp³-hybridized carbons (Fsp3) is 0.917. The van der Waals surface area contributed by atoms with Crippen molar-refractivity contribution in [3.8, 4) is 0 Å². The third-order valence-electron chi connectivity index (χ3n) is 3.39. The fourth-order valence-corrected chi connectivity index (χ4v) is 2.33. The summed E-state index contributed by atoms with van der Waals surface area (Å²) in [5.41, 5.74) is 5.62. The maximum absolute atomic E-state index is 11.7. The molecule has 0 aromatic rings. The molecule has 3 atom stereocenters. The highest BCUT2D eigenvalue weighted by Crippen LogP contribution is 2.24. The molecule has 1 aliphatic carbocycles. The van der Waals surface area contributed by atoms with Crippen molar-refractivity contribution in [1.29, 1.82) is 0 Å². The SMILES string of the molecule is CCCC(C)C(=O)NC1CCC(CN)C1. The highest BCUT2D eigenvalue weighted by Gasteiger charge is 2.25. The smallest absolute Gasteiger partial charge is 0.223 e. The first kappa shape index (κ1) is 12.5. The van der Waals surface area contributed by atoms with E-state index in [2.05, 4.69) is 12.2 Å². The molecule has 88 valence electrons. The number of rotatable bonds is 5. The highest BCUT2D eigenvalue weighted by molar-refractivity contribution is 5.78. The summed E-state index contributed by atoms with van der Waals surface area (Å²) in [6.45, 7) is 4.88. The zero-order valence-electron chi connectivity index (χ0n) is 9.96. The number of carbonyl (C=O) groups excluding carboxylic acids is 1. The Balaban J connectivity index is 2.27. The number of amides is 1. The van der Waals surface area contributed by atoms with Crippen LogP contribution in [0, 0.1) is 11.8 Å². The molecule has 0 aliphatic heterocycles. The van der Waals surface area contributed by atoms with Gasteiger partial charge >= 0.3 is 0 Å². The van der Waals surface area contributed by atoms with Gasteiger partial charge in [-0.1, -0.05) is 20.3 Å². The van der Waals surface area contributed by atoms with Gasteiger partial charge in [0.2, 0.25) is 5.91 Å². The van der Waals surface area contributed by atoms with Crippen molar-refractivity contribution in [2.75, 3.05) is 6.54 Å². The summed E-state index contributed by atoms with van der Waals surface area (Å²) in [4.78, 5) is 11.7. The quantitative estimate of drug-likeness (QED) is 0.728. The van der Waals surface area contributed by atoms with Gasteiger partial charge in [-0.3, -0.25) is 4.79 Å². The Hall–Kier alpha value is -0.570. The molecule has 0 bridgehead atoms. The van der Waals surface area contributed by atoms with E-state index < -0.39 is 0 Å². The Morgan fingerprint density at radius 3 is 2.80 bits per heavy atom. The molecule has 1 rings (SSSR count). The van der Waals surface area contributed by atoms with E-state index in [4.69, 9.17) is 5.73 Å². The Bertz CT molecular complexity index is 206. The predicted octanol–water partition coefficient (Wildman–Crippen LogP) is 1.67. The van der Waals surface area contributed by atoms with Crippen molar-refractivity contribution in [3.05, 3.63) is 0 Å². The van der Waals surface area contributed by atoms with Crippen molar-refractivity contribution in [1.82, 2.24) is 5.32 Å². The first-order valence-electron chi connectivity index (χ1n) is 6.17. The van der Waals surface area contributed by atoms with Crippen molar-refractivity contribution < 1.29 is 4.79 Å². The number of hydrogen-bond acceptors (Lipinski definition) is 2. The molecule has 3 N–H and O–H groups in total. The summed E-state index contributed by atoms with van der Waals surface area (Å²) in [6.07, 6.45) is 5.40. The molecular formula is C12H24N2O. The molecule has 1 fully saturated rings. The Labute approximate surface area is 92.8 Å². The molecule has 0 saturated heterocycles. The van der Waals surface area contributed by atoms with Crippen LogP contribution in [0.15, 0.2) is 0 Å². The standard InChI is InChI=1S/C12H24N2O/c1-3-4-9(2)12(15)14-11-6-5-10(7-11)8-13/h9-11H,3-8,13H2,1-2H3,(H,14,15). The van der Waals surface area contributed by atoms with E-state index in [1.54, 1.807) is 0 Å². The Morgan fingerprint density at radius 1 is 1.53 bits per heavy atom. The molecule has 0 aromatic heterocycles. The van der Waals surface area contributed by atoms with Gasteiger partial charge in [-0.25, -0.2) is 0 Å². The van der Waals surface area contributed by atoms with Crippen LogP contribution in [-0.4, -0.2) is 18.5 Å². The maximum Gasteiger partial charge on any atom is 0.223 e. The number of nitrogens with two attached hydrogens (primary N) is 1. The molecule has 1 aliphatic rings. The summed E-state index contributed by atoms with van der Waals surface area (Å²) < 4.78 is 0. The summed E-state index contributed by atoms with van der Waals surface area (Å²) in [5.74, 6) is 1.00. The maximum atomic E-state index is 11.7. The van der Waals surface area contributed by atoms with Gasteiger partial charge in [0.05, 0.1) is 0 Å². The molecule has 0 aromatic carbocycles. The highest BCUT2D eigenvalue weighted by atomic mass is 16.1. The van der Waals surface area contributed by atoms with Gasteiger partial charge in [0.25, 0.3) is 0 Å². The molecule has 1 amide bonds. The lowest BCUT2D eigenvalue weighted by molar-refractivity contribution is -0.125. The van der Waals surface area contributed by atoms with E-state index in [1.807, 2.05) is 6.92 Å². The lowest BCUT2D eigenvalue weighted by atomic mass is 10.0. The average Bonchev–Trinajstić information content (AvgIpc) is 2.66. The van der Waals surface area contributed by atoms with Crippen LogP contribution < -0.4 is 11.1 Å². The lowest BCUT2D eigenvalue weighted by Crippen LogP contribution is -2.36. The molecule has 3 heteroatoms. The van der Waals surface area contributed by atoms with E-state index >= 15 is 0 Å². The normalized spacial score (nSPS) is 27.7. The van der Waals surface area contributed by atoms with Crippen LogP contribution in [0.3, 0.4) is 0 Å². The van der Waals surface area contributed by atoms with Crippen LogP contribution in [0.2, 0.25) is 0 Å². The predicted molar refractivity (Wildman–Crippen MR) is 62.4 cm³/mol. The summed E-state index contributed by atoms with van der Waals surface area (Å²) in [5, 5.41) is 3.13. The summed E-state index contributed by atoms with van der Waals surface area (Å²) in [6, 6.07) is 0.380. The first-order valence-corrected chi connectivity index (χ1v) is 6.17. The molecule has 0 heterocycles. The molecule has 1 saturated carbocycles. The average molecular weight is 212 g/mol. The Kier molecular flexibility index (Phi) is 5.09. The molecule has 0 spiro atoms. The van der Waals surface area contributed by atoms with Gasteiger partial charge in [-0.2, -0.15) is 0 Å². The largest absolute Gasteiger partial charge is 0.353 e. The van der Waals surface area contributed by atoms with Crippen molar-refractivity contribution >= 4 is 5.91 Å². The lowest BCUT2D eigenvalue weighted by Gasteiger charge is -2.16. The zero-order valence-corrected chi connectivity index (χ0v) is 9.96. The van der Waals surface area contributed by atoms with E-state index in [0.717, 1.165) is 32.2 Å². The van der Waals surface area contributed by atoms with Gasteiger partial charge in [-0.15, -0.1) is 0 Å². The summed E-state index contributed by atoms with van der Waals surface area (Å²) in [7, 11) is 0. The van der Waals surface area contributed by atoms with Crippen LogP contribution in [0.25, 0.3) is 0 Å². The minimum Gasteiger partial charge on any atom is -0.353 e. The minimum atomic E-state index is 0.159. The van der Waals surface area contributed by atoms with Gasteiger partial charge in [0.15, 0.2) is 0 Å². The second kappa shape index (κ2) is 6.11. The van der Waals surface area contributed by atoms with E-state index in [1.165, 1.54) is 6.42 Å². The van der Waals surface area contributed by atoms with E-state index in [-0.39, 0.29) is 11.8 Å². The van der Waals surface area contributed by atoms with Crippen molar-refractivity contribution in [3.63, 3.8) is 0 Å². The van der Waals surface area contributed by atoms with Gasteiger partial charge < -0.3 is 11.1 Å². The van der Waals surface area contributed by atoms with E-state index in [9.17, 15) is 4.79 Å². The monoisotopic (exact) mass is 212 g/mol. The summed E-state index contributed by atoms with van der Waals surface area (Å²) >= 11 is 0. The molecule has 15 heavy (non-hydrogen) atoms. The van der Waals surface area contributed by atoms with Crippen molar-refractivity contribution in [2.45, 2.75) is 52.0 Å². The number of nitrogens with one attached hydrogen (secondary N) is 1. The van der Waals surface area contributed by atoms with Crippen LogP contribution in [0.4, 0.5) is 0 Å². The Morgan fingerprint density at radius 2 is 2.27 bits per heavy atom. The zero-order chi connectivity index (χ0) is 11.3. The molecule has 3 unspecified atom stereocenters. The second-order valence-corrected chi connectivity index (χ2v) is 4.81. The fourth-order valence-electron chi connectivity index (χ4n) is 2.33. The van der Waals surface area contributed by atoms with E-state index in [0.29, 0.717) is 12.0 Å². The van der Waals surface area contributed by atoms with Crippen LogP contribution in [0.1, 0.15) is 46.0 Å². The third kappa shape index (κ3) is 3.82.